The van der Waals surface area contributed by atoms with Gasteiger partial charge in [0.1, 0.15) is 0 Å². The molecule has 0 amide bonds. The van der Waals surface area contributed by atoms with Gasteiger partial charge in [0.2, 0.25) is 0 Å². The molecule has 12 heavy (non-hydrogen) atoms. The molecule has 0 aliphatic rings. The fraction of sp³-hybridized carbons (Fsp3) is 0.455. The lowest BCUT2D eigenvalue weighted by Crippen LogP contribution is -1.93. The van der Waals surface area contributed by atoms with Gasteiger partial charge in [-0.15, -0.1) is 0 Å². The van der Waals surface area contributed by atoms with Crippen LogP contribution >= 0.6 is 0 Å². The van der Waals surface area contributed by atoms with Crippen LogP contribution in [0.15, 0.2) is 18.2 Å². The molecule has 66 valence electrons. The molecule has 1 heteroatoms. The van der Waals surface area contributed by atoms with E-state index in [1.165, 1.54) is 16.8 Å². The Kier molecular flexibility index (Phi) is 2.74. The molecule has 0 heterocycles. The van der Waals surface area contributed by atoms with Gasteiger partial charge in [-0.1, -0.05) is 19.9 Å². The molecule has 0 aliphatic carbocycles. The highest BCUT2D eigenvalue weighted by molar-refractivity contribution is 5.48. The number of nitrogens with one attached hydrogen (secondary N) is 1. The topological polar surface area (TPSA) is 12.0 Å². The quantitative estimate of drug-likeness (QED) is 0.706. The zero-order chi connectivity index (χ0) is 9.14. The molecule has 0 bridgehead atoms. The molecule has 0 unspecified atom stereocenters. The molecule has 0 atom stereocenters. The standard InChI is InChI=1S/C11H17N/c1-8(2)10-5-9(3)6-11(7-10)12-4/h5-8,12H,1-4H3. The summed E-state index contributed by atoms with van der Waals surface area (Å²) in [7, 11) is 1.96. The van der Waals surface area contributed by atoms with Crippen molar-refractivity contribution in [2.24, 2.45) is 0 Å². The van der Waals surface area contributed by atoms with Crippen molar-refractivity contribution >= 4 is 5.69 Å². The minimum absolute atomic E-state index is 0.608. The molecule has 1 aromatic rings. The Labute approximate surface area is 74.8 Å². The van der Waals surface area contributed by atoms with Gasteiger partial charge in [0.15, 0.2) is 0 Å². The second kappa shape index (κ2) is 3.61. The molecule has 1 nitrogen and oxygen atoms in total. The maximum Gasteiger partial charge on any atom is 0.0343 e. The summed E-state index contributed by atoms with van der Waals surface area (Å²) in [5.41, 5.74) is 3.93. The fourth-order valence-corrected chi connectivity index (χ4v) is 1.29. The third-order valence-electron chi connectivity index (χ3n) is 2.06. The highest BCUT2D eigenvalue weighted by Crippen LogP contribution is 2.20. The first-order valence-electron chi connectivity index (χ1n) is 4.43. The predicted molar refractivity (Wildman–Crippen MR) is 54.8 cm³/mol. The lowest BCUT2D eigenvalue weighted by Gasteiger charge is -2.09. The minimum Gasteiger partial charge on any atom is -0.388 e. The Morgan fingerprint density at radius 1 is 1.17 bits per heavy atom. The van der Waals surface area contributed by atoms with Crippen LogP contribution in [-0.4, -0.2) is 7.05 Å². The van der Waals surface area contributed by atoms with Gasteiger partial charge in [0.25, 0.3) is 0 Å². The van der Waals surface area contributed by atoms with Gasteiger partial charge in [-0.25, -0.2) is 0 Å². The van der Waals surface area contributed by atoms with Crippen LogP contribution < -0.4 is 5.32 Å². The molecular weight excluding hydrogens is 146 g/mol. The smallest absolute Gasteiger partial charge is 0.0343 e. The molecule has 1 rings (SSSR count). The van der Waals surface area contributed by atoms with Gasteiger partial charge in [0.05, 0.1) is 0 Å². The monoisotopic (exact) mass is 163 g/mol. The van der Waals surface area contributed by atoms with E-state index >= 15 is 0 Å². The van der Waals surface area contributed by atoms with Crippen molar-refractivity contribution in [3.05, 3.63) is 29.3 Å². The van der Waals surface area contributed by atoms with Gasteiger partial charge in [-0.2, -0.15) is 0 Å². The van der Waals surface area contributed by atoms with Crippen LogP contribution in [0.5, 0.6) is 0 Å². The summed E-state index contributed by atoms with van der Waals surface area (Å²) in [5, 5.41) is 3.16. The minimum atomic E-state index is 0.608. The van der Waals surface area contributed by atoms with E-state index < -0.39 is 0 Å². The third kappa shape index (κ3) is 2.00. The Balaban J connectivity index is 3.06. The Hall–Kier alpha value is -0.980. The molecule has 0 radical (unpaired) electrons. The number of rotatable bonds is 2. The van der Waals surface area contributed by atoms with Gasteiger partial charge >= 0.3 is 0 Å². The molecule has 0 saturated heterocycles. The second-order valence-corrected chi connectivity index (χ2v) is 3.54. The van der Waals surface area contributed by atoms with Crippen LogP contribution in [0.2, 0.25) is 0 Å². The molecule has 0 aromatic heterocycles. The number of hydrogen-bond acceptors (Lipinski definition) is 1. The molecule has 0 fully saturated rings. The summed E-state index contributed by atoms with van der Waals surface area (Å²) in [5.74, 6) is 0.608. The van der Waals surface area contributed by atoms with E-state index in [-0.39, 0.29) is 0 Å². The van der Waals surface area contributed by atoms with Crippen LogP contribution in [0.4, 0.5) is 5.69 Å². The zero-order valence-corrected chi connectivity index (χ0v) is 8.31. The first-order valence-corrected chi connectivity index (χ1v) is 4.43. The van der Waals surface area contributed by atoms with E-state index in [0.717, 1.165) is 0 Å². The summed E-state index contributed by atoms with van der Waals surface area (Å²) in [6.07, 6.45) is 0. The Morgan fingerprint density at radius 3 is 2.33 bits per heavy atom. The van der Waals surface area contributed by atoms with E-state index in [1.54, 1.807) is 0 Å². The van der Waals surface area contributed by atoms with Gasteiger partial charge < -0.3 is 5.32 Å². The van der Waals surface area contributed by atoms with Crippen molar-refractivity contribution < 1.29 is 0 Å². The van der Waals surface area contributed by atoms with Crippen molar-refractivity contribution in [1.82, 2.24) is 0 Å². The van der Waals surface area contributed by atoms with E-state index in [2.05, 4.69) is 44.3 Å². The van der Waals surface area contributed by atoms with Crippen LogP contribution in [0.3, 0.4) is 0 Å². The maximum atomic E-state index is 3.16. The van der Waals surface area contributed by atoms with Gasteiger partial charge in [0, 0.05) is 12.7 Å². The summed E-state index contributed by atoms with van der Waals surface area (Å²) in [6, 6.07) is 6.61. The fourth-order valence-electron chi connectivity index (χ4n) is 1.29. The highest BCUT2D eigenvalue weighted by atomic mass is 14.8. The second-order valence-electron chi connectivity index (χ2n) is 3.54. The van der Waals surface area contributed by atoms with Crippen molar-refractivity contribution in [2.75, 3.05) is 12.4 Å². The normalized spacial score (nSPS) is 10.4. The first kappa shape index (κ1) is 9.11. The number of hydrogen-bond donors (Lipinski definition) is 1. The average Bonchev–Trinajstić information content (AvgIpc) is 2.03. The summed E-state index contributed by atoms with van der Waals surface area (Å²) < 4.78 is 0. The molecule has 0 aliphatic heterocycles. The predicted octanol–water partition coefficient (Wildman–Crippen LogP) is 3.16. The Morgan fingerprint density at radius 2 is 1.83 bits per heavy atom. The summed E-state index contributed by atoms with van der Waals surface area (Å²) in [6.45, 7) is 6.56. The summed E-state index contributed by atoms with van der Waals surface area (Å²) >= 11 is 0. The van der Waals surface area contributed by atoms with Gasteiger partial charge in [-0.05, 0) is 36.1 Å². The largest absolute Gasteiger partial charge is 0.388 e. The first-order chi connectivity index (χ1) is 5.63. The Bertz CT molecular complexity index is 264. The van der Waals surface area contributed by atoms with Crippen LogP contribution in [0.1, 0.15) is 30.9 Å². The lowest BCUT2D eigenvalue weighted by molar-refractivity contribution is 0.865. The molecule has 0 saturated carbocycles. The number of benzene rings is 1. The average molecular weight is 163 g/mol. The van der Waals surface area contributed by atoms with Crippen molar-refractivity contribution in [3.8, 4) is 0 Å². The van der Waals surface area contributed by atoms with E-state index in [0.29, 0.717) is 5.92 Å². The van der Waals surface area contributed by atoms with Crippen LogP contribution in [0.25, 0.3) is 0 Å². The highest BCUT2D eigenvalue weighted by Gasteiger charge is 2.00. The van der Waals surface area contributed by atoms with Gasteiger partial charge in [-0.3, -0.25) is 0 Å². The van der Waals surface area contributed by atoms with Crippen molar-refractivity contribution in [2.45, 2.75) is 26.7 Å². The zero-order valence-electron chi connectivity index (χ0n) is 8.31. The molecule has 1 N–H and O–H groups in total. The maximum absolute atomic E-state index is 3.16. The summed E-state index contributed by atoms with van der Waals surface area (Å²) in [4.78, 5) is 0. The molecule has 0 spiro atoms. The SMILES string of the molecule is CNc1cc(C)cc(C(C)C)c1. The van der Waals surface area contributed by atoms with Crippen molar-refractivity contribution in [3.63, 3.8) is 0 Å². The van der Waals surface area contributed by atoms with E-state index in [1.807, 2.05) is 7.05 Å². The lowest BCUT2D eigenvalue weighted by atomic mass is 10.0. The number of aryl methyl sites for hydroxylation is 1. The number of anilines is 1. The molecular formula is C11H17N. The van der Waals surface area contributed by atoms with E-state index in [9.17, 15) is 0 Å². The van der Waals surface area contributed by atoms with E-state index in [4.69, 9.17) is 0 Å². The van der Waals surface area contributed by atoms with Crippen molar-refractivity contribution in [1.29, 1.82) is 0 Å². The third-order valence-corrected chi connectivity index (χ3v) is 2.06. The van der Waals surface area contributed by atoms with Crippen LogP contribution in [0, 0.1) is 6.92 Å². The molecule has 1 aromatic carbocycles. The van der Waals surface area contributed by atoms with Crippen LogP contribution in [-0.2, 0) is 0 Å².